The maximum absolute atomic E-state index is 13.9. The highest BCUT2D eigenvalue weighted by molar-refractivity contribution is 8.00. The lowest BCUT2D eigenvalue weighted by Crippen LogP contribution is -2.42. The minimum Gasteiger partial charge on any atom is -0.350 e. The van der Waals surface area contributed by atoms with Crippen LogP contribution in [0.15, 0.2) is 103 Å². The zero-order valence-corrected chi connectivity index (χ0v) is 24.5. The van der Waals surface area contributed by atoms with Gasteiger partial charge in [-0.05, 0) is 36.2 Å². The second-order valence-corrected chi connectivity index (χ2v) is 11.5. The van der Waals surface area contributed by atoms with Crippen LogP contribution in [-0.2, 0) is 16.1 Å². The Bertz CT molecular complexity index is 1740. The van der Waals surface area contributed by atoms with Crippen molar-refractivity contribution in [3.8, 4) is 16.9 Å². The van der Waals surface area contributed by atoms with Gasteiger partial charge in [-0.1, -0.05) is 90.0 Å². The van der Waals surface area contributed by atoms with Gasteiger partial charge in [-0.2, -0.15) is 5.10 Å². The van der Waals surface area contributed by atoms with Gasteiger partial charge in [-0.3, -0.25) is 19.5 Å². The largest absolute Gasteiger partial charge is 0.350 e. The Morgan fingerprint density at radius 2 is 1.83 bits per heavy atom. The van der Waals surface area contributed by atoms with Crippen LogP contribution in [-0.4, -0.2) is 38.9 Å². The molecule has 7 nitrogen and oxygen atoms in total. The van der Waals surface area contributed by atoms with Crippen molar-refractivity contribution < 1.29 is 9.59 Å². The zero-order chi connectivity index (χ0) is 29.1. The molecule has 42 heavy (non-hydrogen) atoms. The predicted molar refractivity (Wildman–Crippen MR) is 168 cm³/mol. The van der Waals surface area contributed by atoms with Crippen LogP contribution in [0.5, 0.6) is 0 Å². The predicted octanol–water partition coefficient (Wildman–Crippen LogP) is 6.38. The number of pyridine rings is 1. The number of para-hydroxylation sites is 1. The van der Waals surface area contributed by atoms with E-state index in [4.69, 9.17) is 16.7 Å². The molecule has 0 saturated heterocycles. The average Bonchev–Trinajstić information content (AvgIpc) is 3.33. The third-order valence-electron chi connectivity index (χ3n) is 7.08. The lowest BCUT2D eigenvalue weighted by atomic mass is 9.98. The first-order chi connectivity index (χ1) is 20.5. The minimum absolute atomic E-state index is 0.169. The summed E-state index contributed by atoms with van der Waals surface area (Å²) in [4.78, 5) is 32.9. The molecule has 1 aliphatic heterocycles. The molecular weight excluding hydrogens is 566 g/mol. The number of benzene rings is 3. The molecule has 3 aromatic carbocycles. The van der Waals surface area contributed by atoms with Gasteiger partial charge in [0.1, 0.15) is 12.4 Å². The molecule has 0 bridgehead atoms. The molecule has 5 aromatic rings. The molecule has 2 amide bonds. The summed E-state index contributed by atoms with van der Waals surface area (Å²) in [5, 5.41) is 8.32. The van der Waals surface area contributed by atoms with E-state index in [1.54, 1.807) is 39.8 Å². The van der Waals surface area contributed by atoms with E-state index in [2.05, 4.69) is 35.4 Å². The standard InChI is InChI=1S/C33H28ClN5O2S/c1-22-9-7-13-25(17-22)32-30-31(24-11-3-2-4-12-24)37-39(27-15-6-5-14-26(27)34)33(30)38(29(41)21-42-32)20-28(40)36-19-23-10-8-16-35-18-23/h2-18,32H,19-21H2,1H3,(H,36,40)/t32-/m1/s1. The Morgan fingerprint density at radius 1 is 1.02 bits per heavy atom. The monoisotopic (exact) mass is 593 g/mol. The summed E-state index contributed by atoms with van der Waals surface area (Å²) in [6, 6.07) is 29.3. The van der Waals surface area contributed by atoms with E-state index in [1.807, 2.05) is 66.7 Å². The fraction of sp³-hybridized carbons (Fsp3) is 0.152. The van der Waals surface area contributed by atoms with Crippen LogP contribution in [0.25, 0.3) is 16.9 Å². The number of nitrogens with zero attached hydrogens (tertiary/aromatic N) is 4. The van der Waals surface area contributed by atoms with Gasteiger partial charge in [0.05, 0.1) is 27.4 Å². The normalized spacial score (nSPS) is 14.8. The fourth-order valence-corrected chi connectivity index (χ4v) is 6.52. The molecule has 210 valence electrons. The van der Waals surface area contributed by atoms with Crippen LogP contribution in [0.4, 0.5) is 5.82 Å². The molecule has 0 aliphatic carbocycles. The van der Waals surface area contributed by atoms with Crippen LogP contribution >= 0.6 is 23.4 Å². The van der Waals surface area contributed by atoms with Crippen LogP contribution in [0, 0.1) is 6.92 Å². The summed E-state index contributed by atoms with van der Waals surface area (Å²) < 4.78 is 1.72. The van der Waals surface area contributed by atoms with Crippen molar-refractivity contribution in [2.24, 2.45) is 0 Å². The summed E-state index contributed by atoms with van der Waals surface area (Å²) in [5.74, 6) is 0.269. The quantitative estimate of drug-likeness (QED) is 0.237. The van der Waals surface area contributed by atoms with Crippen LogP contribution < -0.4 is 10.2 Å². The number of halogens is 1. The fourth-order valence-electron chi connectivity index (χ4n) is 5.12. The smallest absolute Gasteiger partial charge is 0.240 e. The number of nitrogens with one attached hydrogen (secondary N) is 1. The number of hydrogen-bond acceptors (Lipinski definition) is 5. The maximum Gasteiger partial charge on any atom is 0.240 e. The number of anilines is 1. The Hall–Kier alpha value is -4.40. The van der Waals surface area contributed by atoms with Gasteiger partial charge in [0.15, 0.2) is 0 Å². The number of aryl methyl sites for hydroxylation is 1. The minimum atomic E-state index is -0.287. The van der Waals surface area contributed by atoms with E-state index in [0.29, 0.717) is 23.1 Å². The molecular formula is C33H28ClN5O2S. The van der Waals surface area contributed by atoms with E-state index >= 15 is 0 Å². The van der Waals surface area contributed by atoms with Crippen molar-refractivity contribution in [3.63, 3.8) is 0 Å². The van der Waals surface area contributed by atoms with Crippen LogP contribution in [0.1, 0.15) is 27.5 Å². The van der Waals surface area contributed by atoms with Gasteiger partial charge in [0, 0.05) is 30.1 Å². The molecule has 3 heterocycles. The first-order valence-corrected chi connectivity index (χ1v) is 15.0. The Kier molecular flexibility index (Phi) is 8.08. The number of carbonyl (C=O) groups excluding carboxylic acids is 2. The van der Waals surface area contributed by atoms with E-state index in [-0.39, 0.29) is 29.4 Å². The van der Waals surface area contributed by atoms with Crippen LogP contribution in [0.2, 0.25) is 5.02 Å². The topological polar surface area (TPSA) is 80.1 Å². The molecule has 9 heteroatoms. The molecule has 0 spiro atoms. The second-order valence-electron chi connectivity index (χ2n) is 10.0. The van der Waals surface area contributed by atoms with Gasteiger partial charge in [-0.15, -0.1) is 11.8 Å². The number of rotatable bonds is 7. The van der Waals surface area contributed by atoms with Gasteiger partial charge < -0.3 is 5.32 Å². The summed E-state index contributed by atoms with van der Waals surface area (Å²) in [5.41, 5.74) is 6.19. The number of hydrogen-bond donors (Lipinski definition) is 1. The number of thioether (sulfide) groups is 1. The van der Waals surface area contributed by atoms with Gasteiger partial charge >= 0.3 is 0 Å². The molecule has 0 radical (unpaired) electrons. The molecule has 0 saturated carbocycles. The highest BCUT2D eigenvalue weighted by Crippen LogP contribution is 2.49. The first kappa shape index (κ1) is 27.8. The van der Waals surface area contributed by atoms with Crippen molar-refractivity contribution >= 4 is 41.0 Å². The molecule has 2 aromatic heterocycles. The van der Waals surface area contributed by atoms with E-state index in [1.165, 1.54) is 0 Å². The van der Waals surface area contributed by atoms with E-state index in [0.717, 1.165) is 33.5 Å². The highest BCUT2D eigenvalue weighted by Gasteiger charge is 2.38. The molecule has 1 atom stereocenters. The second kappa shape index (κ2) is 12.2. The molecule has 0 fully saturated rings. The molecule has 6 rings (SSSR count). The van der Waals surface area contributed by atoms with E-state index < -0.39 is 0 Å². The Morgan fingerprint density at radius 3 is 2.60 bits per heavy atom. The Labute approximate surface area is 253 Å². The zero-order valence-electron chi connectivity index (χ0n) is 22.9. The lowest BCUT2D eigenvalue weighted by molar-refractivity contribution is -0.123. The lowest BCUT2D eigenvalue weighted by Gasteiger charge is -2.23. The average molecular weight is 594 g/mol. The first-order valence-electron chi connectivity index (χ1n) is 13.6. The van der Waals surface area contributed by atoms with Gasteiger partial charge in [-0.25, -0.2) is 4.68 Å². The van der Waals surface area contributed by atoms with Gasteiger partial charge in [0.2, 0.25) is 11.8 Å². The number of amides is 2. The van der Waals surface area contributed by atoms with Crippen molar-refractivity contribution in [3.05, 3.63) is 131 Å². The molecule has 0 unspecified atom stereocenters. The van der Waals surface area contributed by atoms with Crippen molar-refractivity contribution in [1.29, 1.82) is 0 Å². The number of aromatic nitrogens is 3. The highest BCUT2D eigenvalue weighted by atomic mass is 35.5. The molecule has 1 N–H and O–H groups in total. The third kappa shape index (κ3) is 5.68. The van der Waals surface area contributed by atoms with Crippen LogP contribution in [0.3, 0.4) is 0 Å². The summed E-state index contributed by atoms with van der Waals surface area (Å²) >= 11 is 8.27. The summed E-state index contributed by atoms with van der Waals surface area (Å²) in [6.45, 7) is 2.19. The van der Waals surface area contributed by atoms with Crippen molar-refractivity contribution in [2.45, 2.75) is 18.7 Å². The SMILES string of the molecule is Cc1cccc([C@H]2SCC(=O)N(CC(=O)NCc3cccnc3)c3c2c(-c2ccccc2)nn3-c2ccccc2Cl)c1. The summed E-state index contributed by atoms with van der Waals surface area (Å²) in [6.07, 6.45) is 3.39. The maximum atomic E-state index is 13.9. The summed E-state index contributed by atoms with van der Waals surface area (Å²) in [7, 11) is 0. The molecule has 1 aliphatic rings. The number of fused-ring (bicyclic) bond motifs is 1. The van der Waals surface area contributed by atoms with E-state index in [9.17, 15) is 9.59 Å². The van der Waals surface area contributed by atoms with Crippen molar-refractivity contribution in [1.82, 2.24) is 20.1 Å². The number of carbonyl (C=O) groups is 2. The Balaban J connectivity index is 1.53. The van der Waals surface area contributed by atoms with Gasteiger partial charge in [0.25, 0.3) is 0 Å². The van der Waals surface area contributed by atoms with Crippen molar-refractivity contribution in [2.75, 3.05) is 17.2 Å². The third-order valence-corrected chi connectivity index (χ3v) is 8.65.